The molecule has 1 aliphatic heterocycles. The van der Waals surface area contributed by atoms with E-state index in [-0.39, 0.29) is 6.04 Å². The molecule has 2 heterocycles. The fourth-order valence-electron chi connectivity index (χ4n) is 2.87. The summed E-state index contributed by atoms with van der Waals surface area (Å²) in [6.45, 7) is 2.35. The Hall–Kier alpha value is -0.940. The van der Waals surface area contributed by atoms with Gasteiger partial charge in [0.2, 0.25) is 0 Å². The van der Waals surface area contributed by atoms with E-state index < -0.39 is 0 Å². The summed E-state index contributed by atoms with van der Waals surface area (Å²) in [5.41, 5.74) is 7.40. The second-order valence-corrected chi connectivity index (χ2v) is 6.03. The van der Waals surface area contributed by atoms with E-state index in [2.05, 4.69) is 41.6 Å². The van der Waals surface area contributed by atoms with Crippen molar-refractivity contribution in [1.29, 1.82) is 0 Å². The maximum absolute atomic E-state index is 6.05. The highest BCUT2D eigenvalue weighted by Crippen LogP contribution is 2.33. The zero-order chi connectivity index (χ0) is 13.2. The Balaban J connectivity index is 1.92. The summed E-state index contributed by atoms with van der Waals surface area (Å²) in [5, 5.41) is 3.60. The highest BCUT2D eigenvalue weighted by molar-refractivity contribution is 7.17. The van der Waals surface area contributed by atoms with Gasteiger partial charge in [0.05, 0.1) is 6.61 Å². The summed E-state index contributed by atoms with van der Waals surface area (Å²) in [7, 11) is 2.17. The molecule has 1 saturated heterocycles. The largest absolute Gasteiger partial charge is 0.380 e. The van der Waals surface area contributed by atoms with Gasteiger partial charge in [-0.1, -0.05) is 18.2 Å². The van der Waals surface area contributed by atoms with E-state index in [4.69, 9.17) is 10.5 Å². The van der Waals surface area contributed by atoms with Gasteiger partial charge < -0.3 is 10.5 Å². The fourth-order valence-corrected chi connectivity index (χ4v) is 3.87. The van der Waals surface area contributed by atoms with Crippen LogP contribution in [0.25, 0.3) is 10.1 Å². The Bertz CT molecular complexity index is 548. The fraction of sp³-hybridized carbons (Fsp3) is 0.467. The quantitative estimate of drug-likeness (QED) is 0.933. The number of fused-ring (bicyclic) bond motifs is 1. The molecule has 1 fully saturated rings. The summed E-state index contributed by atoms with van der Waals surface area (Å²) in [6, 6.07) is 9.34. The number of likely N-dealkylation sites (N-methyl/N-ethyl adjacent to an activating group) is 1. The van der Waals surface area contributed by atoms with Gasteiger partial charge in [-0.15, -0.1) is 11.3 Å². The molecular formula is C15H20N2OS. The van der Waals surface area contributed by atoms with Crippen LogP contribution < -0.4 is 5.73 Å². The lowest BCUT2D eigenvalue weighted by Gasteiger charge is -2.31. The molecule has 19 heavy (non-hydrogen) atoms. The molecule has 1 aromatic carbocycles. The lowest BCUT2D eigenvalue weighted by atomic mass is 10.0. The first-order valence-electron chi connectivity index (χ1n) is 6.77. The smallest absolute Gasteiger partial charge is 0.0622 e. The molecule has 0 saturated carbocycles. The molecule has 2 N–H and O–H groups in total. The molecule has 0 aliphatic carbocycles. The minimum atomic E-state index is 0.280. The van der Waals surface area contributed by atoms with Crippen molar-refractivity contribution in [3.63, 3.8) is 0 Å². The summed E-state index contributed by atoms with van der Waals surface area (Å²) >= 11 is 1.80. The van der Waals surface area contributed by atoms with Crippen LogP contribution in [0.1, 0.15) is 18.0 Å². The van der Waals surface area contributed by atoms with Crippen molar-refractivity contribution in [3.05, 3.63) is 35.2 Å². The molecule has 1 aliphatic rings. The first-order chi connectivity index (χ1) is 9.31. The van der Waals surface area contributed by atoms with Gasteiger partial charge in [0.1, 0.15) is 0 Å². The third kappa shape index (κ3) is 2.41. The Kier molecular flexibility index (Phi) is 3.84. The number of nitrogens with two attached hydrogens (primary N) is 1. The third-order valence-electron chi connectivity index (χ3n) is 4.07. The van der Waals surface area contributed by atoms with Gasteiger partial charge in [0.25, 0.3) is 0 Å². The molecule has 2 unspecified atom stereocenters. The molecule has 2 atom stereocenters. The minimum Gasteiger partial charge on any atom is -0.380 e. The molecule has 0 bridgehead atoms. The summed E-state index contributed by atoms with van der Waals surface area (Å²) in [5.74, 6) is 0. The second kappa shape index (κ2) is 5.59. The van der Waals surface area contributed by atoms with E-state index in [0.717, 1.165) is 19.6 Å². The van der Waals surface area contributed by atoms with Crippen LogP contribution in [0.2, 0.25) is 0 Å². The zero-order valence-electron chi connectivity index (χ0n) is 11.2. The van der Waals surface area contributed by atoms with Crippen molar-refractivity contribution in [2.24, 2.45) is 5.73 Å². The van der Waals surface area contributed by atoms with Crippen LogP contribution in [0.15, 0.2) is 29.6 Å². The Morgan fingerprint density at radius 2 is 2.32 bits per heavy atom. The predicted octanol–water partition coefficient (Wildman–Crippen LogP) is 2.62. The number of nitrogens with zero attached hydrogens (tertiary/aromatic N) is 1. The molecule has 3 rings (SSSR count). The lowest BCUT2D eigenvalue weighted by Crippen LogP contribution is -2.38. The average molecular weight is 276 g/mol. The first-order valence-corrected chi connectivity index (χ1v) is 7.65. The standard InChI is InChI=1S/C15H20N2OS/c1-17(11-6-7-18-9-11)14(8-16)13-10-19-15-5-3-2-4-12(13)15/h2-5,10-11,14H,6-9,16H2,1H3. The Morgan fingerprint density at radius 3 is 3.05 bits per heavy atom. The maximum Gasteiger partial charge on any atom is 0.0622 e. The monoisotopic (exact) mass is 276 g/mol. The number of hydrogen-bond donors (Lipinski definition) is 1. The van der Waals surface area contributed by atoms with Crippen molar-refractivity contribution in [2.75, 3.05) is 26.8 Å². The van der Waals surface area contributed by atoms with Gasteiger partial charge in [-0.05, 0) is 35.9 Å². The van der Waals surface area contributed by atoms with Crippen LogP contribution in [-0.4, -0.2) is 37.7 Å². The van der Waals surface area contributed by atoms with Crippen LogP contribution in [0.3, 0.4) is 0 Å². The number of ether oxygens (including phenoxy) is 1. The molecule has 0 spiro atoms. The van der Waals surface area contributed by atoms with E-state index in [1.165, 1.54) is 15.6 Å². The molecule has 102 valence electrons. The van der Waals surface area contributed by atoms with Crippen molar-refractivity contribution in [2.45, 2.75) is 18.5 Å². The van der Waals surface area contributed by atoms with Gasteiger partial charge in [0, 0.05) is 29.9 Å². The topological polar surface area (TPSA) is 38.5 Å². The van der Waals surface area contributed by atoms with Crippen LogP contribution in [-0.2, 0) is 4.74 Å². The maximum atomic E-state index is 6.05. The van der Waals surface area contributed by atoms with Crippen molar-refractivity contribution < 1.29 is 4.74 Å². The van der Waals surface area contributed by atoms with Gasteiger partial charge in [-0.2, -0.15) is 0 Å². The molecule has 4 heteroatoms. The van der Waals surface area contributed by atoms with E-state index >= 15 is 0 Å². The number of benzene rings is 1. The van der Waals surface area contributed by atoms with Crippen molar-refractivity contribution >= 4 is 21.4 Å². The minimum absolute atomic E-state index is 0.280. The third-order valence-corrected chi connectivity index (χ3v) is 5.05. The van der Waals surface area contributed by atoms with Crippen LogP contribution in [0.4, 0.5) is 0 Å². The van der Waals surface area contributed by atoms with Crippen LogP contribution in [0.5, 0.6) is 0 Å². The molecule has 3 nitrogen and oxygen atoms in total. The van der Waals surface area contributed by atoms with Gasteiger partial charge in [-0.3, -0.25) is 4.90 Å². The van der Waals surface area contributed by atoms with Gasteiger partial charge >= 0.3 is 0 Å². The SMILES string of the molecule is CN(C1CCOC1)C(CN)c1csc2ccccc12. The van der Waals surface area contributed by atoms with E-state index in [0.29, 0.717) is 12.6 Å². The lowest BCUT2D eigenvalue weighted by molar-refractivity contribution is 0.135. The average Bonchev–Trinajstić information content (AvgIpc) is 3.09. The molecular weight excluding hydrogens is 256 g/mol. The molecule has 1 aromatic heterocycles. The number of thiophene rings is 1. The predicted molar refractivity (Wildman–Crippen MR) is 80.6 cm³/mol. The zero-order valence-corrected chi connectivity index (χ0v) is 12.0. The molecule has 0 radical (unpaired) electrons. The molecule has 0 amide bonds. The van der Waals surface area contributed by atoms with Crippen LogP contribution >= 0.6 is 11.3 Å². The summed E-state index contributed by atoms with van der Waals surface area (Å²) in [6.07, 6.45) is 1.11. The van der Waals surface area contributed by atoms with E-state index in [1.807, 2.05) is 0 Å². The van der Waals surface area contributed by atoms with Gasteiger partial charge in [-0.25, -0.2) is 0 Å². The number of hydrogen-bond acceptors (Lipinski definition) is 4. The van der Waals surface area contributed by atoms with Crippen molar-refractivity contribution in [1.82, 2.24) is 4.90 Å². The summed E-state index contributed by atoms with van der Waals surface area (Å²) in [4.78, 5) is 2.39. The summed E-state index contributed by atoms with van der Waals surface area (Å²) < 4.78 is 6.84. The van der Waals surface area contributed by atoms with Gasteiger partial charge in [0.15, 0.2) is 0 Å². The molecule has 2 aromatic rings. The van der Waals surface area contributed by atoms with E-state index in [9.17, 15) is 0 Å². The second-order valence-electron chi connectivity index (χ2n) is 5.12. The normalized spacial score (nSPS) is 21.3. The van der Waals surface area contributed by atoms with E-state index in [1.54, 1.807) is 11.3 Å². The first kappa shape index (κ1) is 13.1. The number of rotatable bonds is 4. The van der Waals surface area contributed by atoms with Crippen LogP contribution in [0, 0.1) is 0 Å². The Labute approximate surface area is 118 Å². The van der Waals surface area contributed by atoms with Crippen molar-refractivity contribution in [3.8, 4) is 0 Å². The Morgan fingerprint density at radius 1 is 1.47 bits per heavy atom. The highest BCUT2D eigenvalue weighted by atomic mass is 32.1. The highest BCUT2D eigenvalue weighted by Gasteiger charge is 2.27.